The minimum Gasteiger partial charge on any atom is -0.444 e. The molecule has 2 unspecified atom stereocenters. The van der Waals surface area contributed by atoms with Gasteiger partial charge in [0.25, 0.3) is 0 Å². The molecule has 0 aromatic rings. The topological polar surface area (TPSA) is 38.8 Å². The molecule has 2 rings (SSSR count). The lowest BCUT2D eigenvalue weighted by atomic mass is 9.92. The molecule has 22 heavy (non-hydrogen) atoms. The molecule has 0 aliphatic carbocycles. The zero-order chi connectivity index (χ0) is 16.3. The number of rotatable bonds is 3. The van der Waals surface area contributed by atoms with E-state index in [9.17, 15) is 4.79 Å². The van der Waals surface area contributed by atoms with Crippen LogP contribution in [0.25, 0.3) is 0 Å². The van der Waals surface area contributed by atoms with Crippen molar-refractivity contribution >= 4 is 6.09 Å². The summed E-state index contributed by atoms with van der Waals surface area (Å²) in [6.45, 7) is 14.8. The van der Waals surface area contributed by atoms with Gasteiger partial charge in [-0.05, 0) is 51.2 Å². The number of ether oxygens (including phenoxy) is 2. The molecule has 0 spiro atoms. The van der Waals surface area contributed by atoms with Crippen LogP contribution >= 0.6 is 0 Å². The molecule has 0 saturated carbocycles. The number of hydrogen-bond donors (Lipinski definition) is 0. The Bertz CT molecular complexity index is 487. The van der Waals surface area contributed by atoms with Crippen molar-refractivity contribution in [3.05, 3.63) is 36.5 Å². The van der Waals surface area contributed by atoms with E-state index in [1.165, 1.54) is 5.57 Å². The van der Waals surface area contributed by atoms with Crippen LogP contribution in [0.4, 0.5) is 4.79 Å². The van der Waals surface area contributed by atoms with Gasteiger partial charge in [0.1, 0.15) is 11.7 Å². The van der Waals surface area contributed by atoms with Crippen LogP contribution in [0.3, 0.4) is 0 Å². The summed E-state index contributed by atoms with van der Waals surface area (Å²) in [6.07, 6.45) is 6.07. The number of amides is 1. The van der Waals surface area contributed by atoms with E-state index in [0.29, 0.717) is 13.2 Å². The fourth-order valence-corrected chi connectivity index (χ4v) is 3.15. The van der Waals surface area contributed by atoms with Gasteiger partial charge in [-0.15, -0.1) is 0 Å². The lowest BCUT2D eigenvalue weighted by Crippen LogP contribution is -2.47. The van der Waals surface area contributed by atoms with Crippen molar-refractivity contribution in [2.45, 2.75) is 57.8 Å². The van der Waals surface area contributed by atoms with Crippen LogP contribution in [0.5, 0.6) is 0 Å². The lowest BCUT2D eigenvalue weighted by Gasteiger charge is -2.36. The molecule has 4 nitrogen and oxygen atoms in total. The summed E-state index contributed by atoms with van der Waals surface area (Å²) in [5.41, 5.74) is 1.74. The first-order chi connectivity index (χ1) is 10.4. The highest BCUT2D eigenvalue weighted by Crippen LogP contribution is 2.33. The predicted octanol–water partition coefficient (Wildman–Crippen LogP) is 3.84. The van der Waals surface area contributed by atoms with E-state index in [2.05, 4.69) is 13.2 Å². The zero-order valence-corrected chi connectivity index (χ0v) is 13.9. The molecule has 1 amide bonds. The second-order valence-electron chi connectivity index (χ2n) is 6.81. The SMILES string of the molecule is C=CC1=C(C=C)C(C2CCCN2C(=O)OC(C)(C)C)OCC1. The third kappa shape index (κ3) is 3.61. The van der Waals surface area contributed by atoms with Crippen molar-refractivity contribution in [1.29, 1.82) is 0 Å². The molecule has 0 aromatic heterocycles. The fraction of sp³-hybridized carbons (Fsp3) is 0.611. The summed E-state index contributed by atoms with van der Waals surface area (Å²) >= 11 is 0. The summed E-state index contributed by atoms with van der Waals surface area (Å²) < 4.78 is 11.5. The van der Waals surface area contributed by atoms with Gasteiger partial charge in [0.15, 0.2) is 0 Å². The summed E-state index contributed by atoms with van der Waals surface area (Å²) in [5, 5.41) is 0. The highest BCUT2D eigenvalue weighted by molar-refractivity contribution is 5.69. The maximum Gasteiger partial charge on any atom is 0.410 e. The van der Waals surface area contributed by atoms with Gasteiger partial charge in [-0.3, -0.25) is 0 Å². The summed E-state index contributed by atoms with van der Waals surface area (Å²) in [7, 11) is 0. The molecule has 4 heteroatoms. The van der Waals surface area contributed by atoms with E-state index in [0.717, 1.165) is 24.8 Å². The van der Waals surface area contributed by atoms with Crippen molar-refractivity contribution in [3.63, 3.8) is 0 Å². The first-order valence-corrected chi connectivity index (χ1v) is 7.96. The molecule has 0 bridgehead atoms. The van der Waals surface area contributed by atoms with E-state index >= 15 is 0 Å². The first-order valence-electron chi connectivity index (χ1n) is 7.96. The Kier molecular flexibility index (Phi) is 5.12. The van der Waals surface area contributed by atoms with Crippen molar-refractivity contribution < 1.29 is 14.3 Å². The number of nitrogens with zero attached hydrogens (tertiary/aromatic N) is 1. The van der Waals surface area contributed by atoms with Crippen LogP contribution in [0.1, 0.15) is 40.0 Å². The van der Waals surface area contributed by atoms with Gasteiger partial charge >= 0.3 is 6.09 Å². The molecule has 2 aliphatic rings. The largest absolute Gasteiger partial charge is 0.444 e. The molecule has 0 radical (unpaired) electrons. The average Bonchev–Trinajstić information content (AvgIpc) is 2.93. The normalized spacial score (nSPS) is 26.0. The Morgan fingerprint density at radius 1 is 1.36 bits per heavy atom. The zero-order valence-electron chi connectivity index (χ0n) is 13.9. The van der Waals surface area contributed by atoms with Crippen molar-refractivity contribution in [1.82, 2.24) is 4.90 Å². The number of likely N-dealkylation sites (tertiary alicyclic amines) is 1. The summed E-state index contributed by atoms with van der Waals surface area (Å²) in [5.74, 6) is 0. The molecule has 2 heterocycles. The van der Waals surface area contributed by atoms with Gasteiger partial charge in [0.05, 0.1) is 12.6 Å². The van der Waals surface area contributed by atoms with E-state index in [1.807, 2.05) is 37.8 Å². The third-order valence-electron chi connectivity index (χ3n) is 4.09. The second kappa shape index (κ2) is 6.69. The molecule has 122 valence electrons. The van der Waals surface area contributed by atoms with Gasteiger partial charge in [0, 0.05) is 6.54 Å². The van der Waals surface area contributed by atoms with Gasteiger partial charge < -0.3 is 14.4 Å². The van der Waals surface area contributed by atoms with Crippen LogP contribution in [-0.2, 0) is 9.47 Å². The van der Waals surface area contributed by atoms with E-state index in [4.69, 9.17) is 9.47 Å². The summed E-state index contributed by atoms with van der Waals surface area (Å²) in [6, 6.07) is 0.0121. The molecular formula is C18H27NO3. The van der Waals surface area contributed by atoms with Crippen LogP contribution in [0.2, 0.25) is 0 Å². The predicted molar refractivity (Wildman–Crippen MR) is 87.7 cm³/mol. The van der Waals surface area contributed by atoms with Crippen LogP contribution in [-0.4, -0.2) is 41.9 Å². The van der Waals surface area contributed by atoms with E-state index in [1.54, 1.807) is 0 Å². The van der Waals surface area contributed by atoms with E-state index < -0.39 is 5.60 Å². The highest BCUT2D eigenvalue weighted by atomic mass is 16.6. The Hall–Kier alpha value is -1.55. The lowest BCUT2D eigenvalue weighted by molar-refractivity contribution is -0.0101. The maximum absolute atomic E-state index is 12.4. The molecule has 1 saturated heterocycles. The Morgan fingerprint density at radius 2 is 2.09 bits per heavy atom. The fourth-order valence-electron chi connectivity index (χ4n) is 3.15. The quantitative estimate of drug-likeness (QED) is 0.795. The monoisotopic (exact) mass is 305 g/mol. The standard InChI is InChI=1S/C18H27NO3/c1-6-13-10-12-21-16(14(13)7-2)15-9-8-11-19(15)17(20)22-18(3,4)5/h6-7,15-16H,1-2,8-12H2,3-5H3. The maximum atomic E-state index is 12.4. The van der Waals surface area contributed by atoms with Crippen LogP contribution in [0, 0.1) is 0 Å². The van der Waals surface area contributed by atoms with Crippen LogP contribution < -0.4 is 0 Å². The van der Waals surface area contributed by atoms with Crippen molar-refractivity contribution in [3.8, 4) is 0 Å². The highest BCUT2D eigenvalue weighted by Gasteiger charge is 2.40. The molecule has 1 fully saturated rings. The second-order valence-corrected chi connectivity index (χ2v) is 6.81. The molecule has 2 aliphatic heterocycles. The van der Waals surface area contributed by atoms with Gasteiger partial charge in [-0.25, -0.2) is 4.79 Å². The van der Waals surface area contributed by atoms with Gasteiger partial charge in [-0.1, -0.05) is 25.3 Å². The molecular weight excluding hydrogens is 278 g/mol. The molecule has 0 aromatic carbocycles. The summed E-state index contributed by atoms with van der Waals surface area (Å²) in [4.78, 5) is 14.3. The van der Waals surface area contributed by atoms with Gasteiger partial charge in [0.2, 0.25) is 0 Å². The van der Waals surface area contributed by atoms with Crippen molar-refractivity contribution in [2.24, 2.45) is 0 Å². The Morgan fingerprint density at radius 3 is 2.68 bits per heavy atom. The van der Waals surface area contributed by atoms with E-state index in [-0.39, 0.29) is 18.2 Å². The van der Waals surface area contributed by atoms with Gasteiger partial charge in [-0.2, -0.15) is 0 Å². The molecule has 0 N–H and O–H groups in total. The number of hydrogen-bond acceptors (Lipinski definition) is 3. The number of carbonyl (C=O) groups excluding carboxylic acids is 1. The Balaban J connectivity index is 2.21. The Labute approximate surface area is 133 Å². The first kappa shape index (κ1) is 16.8. The minimum atomic E-state index is -0.485. The third-order valence-corrected chi connectivity index (χ3v) is 4.09. The average molecular weight is 305 g/mol. The number of carbonyl (C=O) groups is 1. The van der Waals surface area contributed by atoms with Crippen molar-refractivity contribution in [2.75, 3.05) is 13.2 Å². The van der Waals surface area contributed by atoms with Crippen LogP contribution in [0.15, 0.2) is 36.5 Å². The smallest absolute Gasteiger partial charge is 0.410 e. The number of allylic oxidation sites excluding steroid dienone is 1. The minimum absolute atomic E-state index is 0.0121. The molecule has 2 atom stereocenters.